The molecular weight excluding hydrogens is 316 g/mol. The highest BCUT2D eigenvalue weighted by molar-refractivity contribution is 7.89. The van der Waals surface area contributed by atoms with E-state index in [9.17, 15) is 18.0 Å². The van der Waals surface area contributed by atoms with Crippen molar-refractivity contribution in [2.75, 3.05) is 20.6 Å². The predicted octanol–water partition coefficient (Wildman–Crippen LogP) is 1.71. The summed E-state index contributed by atoms with van der Waals surface area (Å²) in [7, 11) is -0.789. The van der Waals surface area contributed by atoms with Crippen LogP contribution in [0.4, 0.5) is 0 Å². The van der Waals surface area contributed by atoms with Crippen molar-refractivity contribution in [1.29, 1.82) is 0 Å². The summed E-state index contributed by atoms with van der Waals surface area (Å²) < 4.78 is 26.1. The van der Waals surface area contributed by atoms with Gasteiger partial charge in [-0.1, -0.05) is 12.1 Å². The molecule has 0 saturated carbocycles. The Hall–Kier alpha value is -2.25. The average Bonchev–Trinajstić information content (AvgIpc) is 2.52. The minimum absolute atomic E-state index is 0.0913. The Morgan fingerprint density at radius 3 is 2.17 bits per heavy atom. The highest BCUT2D eigenvalue weighted by Crippen LogP contribution is 2.34. The Morgan fingerprint density at radius 1 is 1.00 bits per heavy atom. The van der Waals surface area contributed by atoms with E-state index in [1.807, 2.05) is 0 Å². The maximum absolute atomic E-state index is 12.5. The van der Waals surface area contributed by atoms with E-state index in [1.54, 1.807) is 25.1 Å². The zero-order chi connectivity index (χ0) is 16.9. The molecular formula is C16H16N2O4S. The zero-order valence-corrected chi connectivity index (χ0v) is 13.8. The summed E-state index contributed by atoms with van der Waals surface area (Å²) in [6.07, 6.45) is 0. The van der Waals surface area contributed by atoms with Gasteiger partial charge in [0.2, 0.25) is 10.0 Å². The van der Waals surface area contributed by atoms with Crippen molar-refractivity contribution in [3.8, 4) is 0 Å². The second-order valence-corrected chi connectivity index (χ2v) is 7.60. The van der Waals surface area contributed by atoms with Gasteiger partial charge in [-0.25, -0.2) is 12.7 Å². The SMILES string of the molecule is CCN1C(=O)c2cccc3c(S(=O)(=O)N(C)C)ccc(c23)C1=O. The molecule has 2 aromatic rings. The smallest absolute Gasteiger partial charge is 0.261 e. The lowest BCUT2D eigenvalue weighted by Crippen LogP contribution is -2.40. The van der Waals surface area contributed by atoms with Gasteiger partial charge in [-0.15, -0.1) is 0 Å². The molecule has 6 nitrogen and oxygen atoms in total. The first-order valence-corrected chi connectivity index (χ1v) is 8.59. The van der Waals surface area contributed by atoms with E-state index in [1.165, 1.54) is 26.2 Å². The number of hydrogen-bond acceptors (Lipinski definition) is 4. The molecule has 0 atom stereocenters. The number of carbonyl (C=O) groups is 2. The lowest BCUT2D eigenvalue weighted by atomic mass is 9.94. The topological polar surface area (TPSA) is 74.8 Å². The van der Waals surface area contributed by atoms with Crippen LogP contribution in [-0.2, 0) is 10.0 Å². The van der Waals surface area contributed by atoms with Gasteiger partial charge in [0, 0.05) is 42.5 Å². The third kappa shape index (κ3) is 2.08. The molecule has 120 valence electrons. The van der Waals surface area contributed by atoms with Gasteiger partial charge in [-0.3, -0.25) is 14.5 Å². The molecule has 23 heavy (non-hydrogen) atoms. The van der Waals surface area contributed by atoms with Crippen LogP contribution in [-0.4, -0.2) is 50.1 Å². The van der Waals surface area contributed by atoms with E-state index < -0.39 is 21.8 Å². The molecule has 0 aromatic heterocycles. The molecule has 0 fully saturated rings. The quantitative estimate of drug-likeness (QED) is 0.802. The standard InChI is InChI=1S/C16H16N2O4S/c1-4-18-15(19)11-7-5-6-10-13(23(21,22)17(2)3)9-8-12(14(10)11)16(18)20/h5-9H,4H2,1-3H3. The van der Waals surface area contributed by atoms with Gasteiger partial charge in [0.25, 0.3) is 11.8 Å². The van der Waals surface area contributed by atoms with E-state index >= 15 is 0 Å². The van der Waals surface area contributed by atoms with Crippen LogP contribution in [0.3, 0.4) is 0 Å². The molecule has 0 radical (unpaired) electrons. The predicted molar refractivity (Wildman–Crippen MR) is 85.9 cm³/mol. The molecule has 7 heteroatoms. The van der Waals surface area contributed by atoms with Crippen molar-refractivity contribution < 1.29 is 18.0 Å². The maximum Gasteiger partial charge on any atom is 0.261 e. The monoisotopic (exact) mass is 332 g/mol. The lowest BCUT2D eigenvalue weighted by molar-refractivity contribution is 0.0619. The normalized spacial score (nSPS) is 14.9. The van der Waals surface area contributed by atoms with Crippen LogP contribution in [0, 0.1) is 0 Å². The minimum atomic E-state index is -3.68. The van der Waals surface area contributed by atoms with Crippen LogP contribution in [0.1, 0.15) is 27.6 Å². The molecule has 0 N–H and O–H groups in total. The lowest BCUT2D eigenvalue weighted by Gasteiger charge is -2.27. The summed E-state index contributed by atoms with van der Waals surface area (Å²) in [5, 5.41) is 0.807. The second-order valence-electron chi connectivity index (χ2n) is 5.48. The Labute approximate surface area is 134 Å². The molecule has 3 rings (SSSR count). The fourth-order valence-electron chi connectivity index (χ4n) is 2.83. The number of hydrogen-bond donors (Lipinski definition) is 0. The van der Waals surface area contributed by atoms with Gasteiger partial charge < -0.3 is 0 Å². The number of rotatable bonds is 3. The average molecular weight is 332 g/mol. The summed E-state index contributed by atoms with van der Waals surface area (Å²) in [4.78, 5) is 26.2. The molecule has 0 spiro atoms. The molecule has 2 aromatic carbocycles. The summed E-state index contributed by atoms with van der Waals surface area (Å²) in [6.45, 7) is 2.00. The summed E-state index contributed by atoms with van der Waals surface area (Å²) in [5.74, 6) is -0.787. The fourth-order valence-corrected chi connectivity index (χ4v) is 3.91. The van der Waals surface area contributed by atoms with Crippen molar-refractivity contribution in [1.82, 2.24) is 9.21 Å². The van der Waals surface area contributed by atoms with Crippen LogP contribution in [0.2, 0.25) is 0 Å². The third-order valence-corrected chi connectivity index (χ3v) is 5.90. The van der Waals surface area contributed by atoms with Crippen molar-refractivity contribution in [2.24, 2.45) is 0 Å². The van der Waals surface area contributed by atoms with Gasteiger partial charge in [-0.2, -0.15) is 0 Å². The second kappa shape index (κ2) is 5.14. The molecule has 0 bridgehead atoms. The van der Waals surface area contributed by atoms with Crippen molar-refractivity contribution >= 4 is 32.6 Å². The minimum Gasteiger partial charge on any atom is -0.275 e. The van der Waals surface area contributed by atoms with Crippen molar-refractivity contribution in [3.63, 3.8) is 0 Å². The van der Waals surface area contributed by atoms with E-state index in [-0.39, 0.29) is 11.4 Å². The third-order valence-electron chi connectivity index (χ3n) is 4.03. The molecule has 0 aliphatic carbocycles. The van der Waals surface area contributed by atoms with Crippen LogP contribution >= 0.6 is 0 Å². The van der Waals surface area contributed by atoms with E-state index in [4.69, 9.17) is 0 Å². The number of carbonyl (C=O) groups excluding carboxylic acids is 2. The zero-order valence-electron chi connectivity index (χ0n) is 13.0. The van der Waals surface area contributed by atoms with E-state index in [0.717, 1.165) is 9.21 Å². The Bertz CT molecular complexity index is 926. The number of imide groups is 1. The number of amides is 2. The van der Waals surface area contributed by atoms with E-state index in [2.05, 4.69) is 0 Å². The molecule has 0 unspecified atom stereocenters. The molecule has 2 amide bonds. The van der Waals surface area contributed by atoms with Gasteiger partial charge >= 0.3 is 0 Å². The summed E-state index contributed by atoms with van der Waals surface area (Å²) >= 11 is 0. The van der Waals surface area contributed by atoms with Crippen LogP contribution in [0.25, 0.3) is 10.8 Å². The van der Waals surface area contributed by atoms with Crippen molar-refractivity contribution in [2.45, 2.75) is 11.8 Å². The Kier molecular flexibility index (Phi) is 3.50. The molecule has 1 aliphatic rings. The maximum atomic E-state index is 12.5. The highest BCUT2D eigenvalue weighted by atomic mass is 32.2. The number of benzene rings is 2. The molecule has 1 heterocycles. The highest BCUT2D eigenvalue weighted by Gasteiger charge is 2.33. The summed E-state index contributed by atoms with van der Waals surface area (Å²) in [6, 6.07) is 7.80. The Morgan fingerprint density at radius 2 is 1.61 bits per heavy atom. The first-order chi connectivity index (χ1) is 10.8. The van der Waals surface area contributed by atoms with Gasteiger partial charge in [0.05, 0.1) is 4.90 Å². The van der Waals surface area contributed by atoms with E-state index in [0.29, 0.717) is 21.9 Å². The largest absolute Gasteiger partial charge is 0.275 e. The van der Waals surface area contributed by atoms with Crippen LogP contribution in [0.5, 0.6) is 0 Å². The van der Waals surface area contributed by atoms with Gasteiger partial charge in [-0.05, 0) is 25.1 Å². The molecule has 1 aliphatic heterocycles. The number of sulfonamides is 1. The first-order valence-electron chi connectivity index (χ1n) is 7.15. The van der Waals surface area contributed by atoms with Crippen molar-refractivity contribution in [3.05, 3.63) is 41.5 Å². The Balaban J connectivity index is 2.43. The van der Waals surface area contributed by atoms with Gasteiger partial charge in [0.15, 0.2) is 0 Å². The fraction of sp³-hybridized carbons (Fsp3) is 0.250. The summed E-state index contributed by atoms with van der Waals surface area (Å²) in [5.41, 5.74) is 0.713. The number of nitrogens with zero attached hydrogens (tertiary/aromatic N) is 2. The van der Waals surface area contributed by atoms with Crippen LogP contribution in [0.15, 0.2) is 35.2 Å². The van der Waals surface area contributed by atoms with Crippen LogP contribution < -0.4 is 0 Å². The first kappa shape index (κ1) is 15.6. The van der Waals surface area contributed by atoms with Gasteiger partial charge in [0.1, 0.15) is 0 Å². The molecule has 0 saturated heterocycles.